The highest BCUT2D eigenvalue weighted by Crippen LogP contribution is 2.39. The lowest BCUT2D eigenvalue weighted by Gasteiger charge is -2.15. The normalized spacial score (nSPS) is 13.4. The molecule has 4 heterocycles. The number of benzene rings is 1. The maximum Gasteiger partial charge on any atom is 0.137 e. The molecule has 1 fully saturated rings. The monoisotopic (exact) mass is 464 g/mol. The van der Waals surface area contributed by atoms with Crippen LogP contribution in [0.3, 0.4) is 0 Å². The first-order chi connectivity index (χ1) is 17.0. The molecular weight excluding hydrogens is 436 g/mol. The van der Waals surface area contributed by atoms with Crippen LogP contribution in [0, 0.1) is 13.8 Å². The van der Waals surface area contributed by atoms with Crippen LogP contribution in [-0.2, 0) is 13.1 Å². The van der Waals surface area contributed by atoms with Gasteiger partial charge in [0.15, 0.2) is 0 Å². The van der Waals surface area contributed by atoms with Crippen LogP contribution in [0.2, 0.25) is 0 Å². The fourth-order valence-corrected chi connectivity index (χ4v) is 4.72. The number of nitrogen functional groups attached to an aromatic ring is 1. The number of nitrogens with one attached hydrogen (secondary N) is 2. The Hall–Kier alpha value is -4.20. The third-order valence-electron chi connectivity index (χ3n) is 6.85. The Labute approximate surface area is 203 Å². The van der Waals surface area contributed by atoms with Crippen LogP contribution < -0.4 is 16.4 Å². The largest absolute Gasteiger partial charge is 0.383 e. The summed E-state index contributed by atoms with van der Waals surface area (Å²) in [5.74, 6) is 2.81. The highest BCUT2D eigenvalue weighted by atomic mass is 15.1. The number of hydrogen-bond acceptors (Lipinski definition) is 7. The lowest BCUT2D eigenvalue weighted by atomic mass is 9.96. The Kier molecular flexibility index (Phi) is 5.21. The van der Waals surface area contributed by atoms with Crippen LogP contribution in [-0.4, -0.2) is 24.3 Å². The molecule has 0 aliphatic heterocycles. The Morgan fingerprint density at radius 2 is 1.74 bits per heavy atom. The van der Waals surface area contributed by atoms with Crippen molar-refractivity contribution in [2.75, 3.05) is 16.4 Å². The summed E-state index contributed by atoms with van der Waals surface area (Å²) >= 11 is 0. The van der Waals surface area contributed by atoms with Crippen LogP contribution in [0.5, 0.6) is 0 Å². The minimum atomic E-state index is 0.564. The van der Waals surface area contributed by atoms with E-state index in [9.17, 15) is 0 Å². The molecule has 4 N–H and O–H groups in total. The van der Waals surface area contributed by atoms with E-state index in [4.69, 9.17) is 10.7 Å². The molecule has 6 rings (SSSR count). The van der Waals surface area contributed by atoms with E-state index in [0.717, 1.165) is 39.7 Å². The maximum atomic E-state index is 6.08. The van der Waals surface area contributed by atoms with Crippen LogP contribution in [0.4, 0.5) is 17.5 Å². The highest BCUT2D eigenvalue weighted by Gasteiger charge is 2.23. The van der Waals surface area contributed by atoms with E-state index >= 15 is 0 Å². The zero-order valence-corrected chi connectivity index (χ0v) is 19.9. The summed E-state index contributed by atoms with van der Waals surface area (Å²) in [6.07, 6.45) is 10.2. The van der Waals surface area contributed by atoms with Gasteiger partial charge in [-0.15, -0.1) is 0 Å². The Balaban J connectivity index is 1.15. The molecule has 1 aliphatic rings. The number of hydrogen-bond donors (Lipinski definition) is 3. The molecular formula is C27H28N8. The number of pyridine rings is 2. The summed E-state index contributed by atoms with van der Waals surface area (Å²) in [5.41, 5.74) is 13.0. The minimum Gasteiger partial charge on any atom is -0.383 e. The molecule has 5 aromatic rings. The average Bonchev–Trinajstić information content (AvgIpc) is 3.63. The van der Waals surface area contributed by atoms with Gasteiger partial charge in [0.2, 0.25) is 0 Å². The van der Waals surface area contributed by atoms with E-state index < -0.39 is 0 Å². The predicted molar refractivity (Wildman–Crippen MR) is 139 cm³/mol. The van der Waals surface area contributed by atoms with E-state index in [1.165, 1.54) is 35.1 Å². The van der Waals surface area contributed by atoms with Gasteiger partial charge in [0.25, 0.3) is 0 Å². The van der Waals surface area contributed by atoms with Gasteiger partial charge in [-0.25, -0.2) is 19.9 Å². The molecule has 0 bridgehead atoms. The number of imidazole rings is 1. The van der Waals surface area contributed by atoms with Gasteiger partial charge in [-0.05, 0) is 78.4 Å². The van der Waals surface area contributed by atoms with Crippen LogP contribution >= 0.6 is 0 Å². The molecule has 1 aliphatic carbocycles. The van der Waals surface area contributed by atoms with Gasteiger partial charge in [0, 0.05) is 36.6 Å². The number of aromatic nitrogens is 5. The quantitative estimate of drug-likeness (QED) is 0.312. The van der Waals surface area contributed by atoms with Gasteiger partial charge in [0.1, 0.15) is 29.4 Å². The summed E-state index contributed by atoms with van der Waals surface area (Å²) in [6, 6.07) is 10.4. The molecule has 0 radical (unpaired) electrons. The van der Waals surface area contributed by atoms with E-state index in [2.05, 4.69) is 74.4 Å². The summed E-state index contributed by atoms with van der Waals surface area (Å²) < 4.78 is 2.12. The van der Waals surface area contributed by atoms with Gasteiger partial charge in [-0.2, -0.15) is 0 Å². The Morgan fingerprint density at radius 1 is 0.943 bits per heavy atom. The van der Waals surface area contributed by atoms with Crippen molar-refractivity contribution in [3.63, 3.8) is 0 Å². The number of aryl methyl sites for hydroxylation is 2. The number of rotatable bonds is 7. The molecule has 0 atom stereocenters. The third-order valence-corrected chi connectivity index (χ3v) is 6.85. The average molecular weight is 465 g/mol. The third kappa shape index (κ3) is 4.23. The second kappa shape index (κ2) is 8.54. The topological polar surface area (TPSA) is 106 Å². The molecule has 176 valence electrons. The summed E-state index contributed by atoms with van der Waals surface area (Å²) in [4.78, 5) is 17.7. The molecule has 1 aromatic carbocycles. The molecule has 8 heteroatoms. The SMILES string of the molecule is Cc1cc2c(N)nccc2c(C)c1CNc1cc(NCc2cn3cc(C4CC4)ccc3n2)ncn1. The fraction of sp³-hybridized carbons (Fsp3) is 0.259. The molecule has 8 nitrogen and oxygen atoms in total. The predicted octanol–water partition coefficient (Wildman–Crippen LogP) is 4.97. The van der Waals surface area contributed by atoms with Crippen molar-refractivity contribution in [2.24, 2.45) is 0 Å². The number of nitrogens with zero attached hydrogens (tertiary/aromatic N) is 5. The zero-order chi connectivity index (χ0) is 23.9. The molecule has 4 aromatic heterocycles. The maximum absolute atomic E-state index is 6.08. The van der Waals surface area contributed by atoms with Crippen molar-refractivity contribution in [3.05, 3.63) is 83.2 Å². The minimum absolute atomic E-state index is 0.564. The van der Waals surface area contributed by atoms with E-state index in [1.54, 1.807) is 12.5 Å². The van der Waals surface area contributed by atoms with Gasteiger partial charge in [0.05, 0.1) is 12.2 Å². The van der Waals surface area contributed by atoms with Gasteiger partial charge in [-0.3, -0.25) is 0 Å². The summed E-state index contributed by atoms with van der Waals surface area (Å²) in [6.45, 7) is 5.48. The van der Waals surface area contributed by atoms with Crippen molar-refractivity contribution in [3.8, 4) is 0 Å². The molecule has 35 heavy (non-hydrogen) atoms. The second-order valence-corrected chi connectivity index (χ2v) is 9.32. The van der Waals surface area contributed by atoms with Crippen molar-refractivity contribution in [1.82, 2.24) is 24.3 Å². The highest BCUT2D eigenvalue weighted by molar-refractivity contribution is 5.94. The lowest BCUT2D eigenvalue weighted by Crippen LogP contribution is -2.08. The van der Waals surface area contributed by atoms with E-state index in [1.807, 2.05) is 12.1 Å². The summed E-state index contributed by atoms with van der Waals surface area (Å²) in [7, 11) is 0. The molecule has 1 saturated carbocycles. The van der Waals surface area contributed by atoms with Gasteiger partial charge >= 0.3 is 0 Å². The van der Waals surface area contributed by atoms with E-state index in [0.29, 0.717) is 18.9 Å². The molecule has 0 saturated heterocycles. The second-order valence-electron chi connectivity index (χ2n) is 9.32. The van der Waals surface area contributed by atoms with Crippen molar-refractivity contribution in [2.45, 2.75) is 45.7 Å². The smallest absolute Gasteiger partial charge is 0.137 e. The van der Waals surface area contributed by atoms with Crippen molar-refractivity contribution < 1.29 is 0 Å². The van der Waals surface area contributed by atoms with Gasteiger partial charge < -0.3 is 20.8 Å². The Bertz CT molecular complexity index is 1550. The first kappa shape index (κ1) is 21.3. The first-order valence-electron chi connectivity index (χ1n) is 12.0. The Morgan fingerprint density at radius 3 is 2.54 bits per heavy atom. The van der Waals surface area contributed by atoms with Crippen molar-refractivity contribution in [1.29, 1.82) is 0 Å². The molecule has 0 spiro atoms. The van der Waals surface area contributed by atoms with E-state index in [-0.39, 0.29) is 0 Å². The zero-order valence-electron chi connectivity index (χ0n) is 19.9. The molecule has 0 unspecified atom stereocenters. The van der Waals surface area contributed by atoms with Gasteiger partial charge in [-0.1, -0.05) is 6.07 Å². The fourth-order valence-electron chi connectivity index (χ4n) is 4.72. The first-order valence-corrected chi connectivity index (χ1v) is 12.0. The standard InChI is InChI=1S/C27H28N8/c1-16-9-22-21(7-8-29-27(22)28)17(2)23(16)12-31-25-10-24(32-15-33-25)30-11-20-14-35-13-19(18-3-4-18)5-6-26(35)34-20/h5-10,13-15,18H,3-4,11-12H2,1-2H3,(H2,28,29)(H2,30,31,32,33). The van der Waals surface area contributed by atoms with Crippen molar-refractivity contribution >= 4 is 33.9 Å². The number of anilines is 3. The number of nitrogens with two attached hydrogens (primary N) is 1. The number of fused-ring (bicyclic) bond motifs is 2. The van der Waals surface area contributed by atoms with Crippen LogP contribution in [0.25, 0.3) is 16.4 Å². The van der Waals surface area contributed by atoms with Crippen LogP contribution in [0.1, 0.15) is 46.7 Å². The lowest BCUT2D eigenvalue weighted by molar-refractivity contribution is 1.02. The molecule has 0 amide bonds. The van der Waals surface area contributed by atoms with Crippen LogP contribution in [0.15, 0.2) is 55.2 Å². The summed E-state index contributed by atoms with van der Waals surface area (Å²) in [5, 5.41) is 8.94.